The highest BCUT2D eigenvalue weighted by Crippen LogP contribution is 2.23. The number of urea groups is 1. The summed E-state index contributed by atoms with van der Waals surface area (Å²) >= 11 is 0. The molecule has 1 N–H and O–H groups in total. The lowest BCUT2D eigenvalue weighted by Crippen LogP contribution is -2.54. The van der Waals surface area contributed by atoms with Crippen LogP contribution < -0.4 is 0 Å². The third-order valence-corrected chi connectivity index (χ3v) is 5.47. The summed E-state index contributed by atoms with van der Waals surface area (Å²) in [5.41, 5.74) is 1.75. The number of nitrogens with zero attached hydrogens (tertiary/aromatic N) is 4. The van der Waals surface area contributed by atoms with Crippen molar-refractivity contribution >= 4 is 11.9 Å². The molecule has 0 radical (unpaired) electrons. The Morgan fingerprint density at radius 3 is 2.14 bits per heavy atom. The Morgan fingerprint density at radius 2 is 1.46 bits per heavy atom. The van der Waals surface area contributed by atoms with E-state index in [0.717, 1.165) is 25.9 Å². The molecule has 0 spiro atoms. The Balaban J connectivity index is 1.40. The van der Waals surface area contributed by atoms with Crippen LogP contribution in [0.4, 0.5) is 9.18 Å². The van der Waals surface area contributed by atoms with E-state index in [9.17, 15) is 14.0 Å². The van der Waals surface area contributed by atoms with Crippen LogP contribution in [0.15, 0.2) is 30.5 Å². The molecule has 1 aromatic heterocycles. The molecular weight excluding hydrogens is 361 g/mol. The molecule has 8 heteroatoms. The average Bonchev–Trinajstić information content (AvgIpc) is 3.24. The Bertz CT molecular complexity index is 837. The monoisotopic (exact) mass is 385 g/mol. The molecule has 2 aliphatic heterocycles. The summed E-state index contributed by atoms with van der Waals surface area (Å²) < 4.78 is 13.2. The quantitative estimate of drug-likeness (QED) is 0.864. The second-order valence-corrected chi connectivity index (χ2v) is 7.28. The molecule has 0 unspecified atom stereocenters. The lowest BCUT2D eigenvalue weighted by molar-refractivity contribution is 0.0633. The molecule has 2 fully saturated rings. The number of benzene rings is 1. The summed E-state index contributed by atoms with van der Waals surface area (Å²) in [5, 5.41) is 6.84. The van der Waals surface area contributed by atoms with Crippen molar-refractivity contribution in [3.05, 3.63) is 41.8 Å². The number of halogens is 1. The second kappa shape index (κ2) is 8.00. The summed E-state index contributed by atoms with van der Waals surface area (Å²) in [6.07, 6.45) is 4.83. The molecule has 0 atom stereocenters. The first-order chi connectivity index (χ1) is 13.6. The van der Waals surface area contributed by atoms with Crippen LogP contribution in [0.25, 0.3) is 11.3 Å². The summed E-state index contributed by atoms with van der Waals surface area (Å²) in [5.74, 6) is -0.455. The Kier molecular flexibility index (Phi) is 5.27. The van der Waals surface area contributed by atoms with Gasteiger partial charge in [-0.2, -0.15) is 5.10 Å². The summed E-state index contributed by atoms with van der Waals surface area (Å²) in [4.78, 5) is 31.1. The van der Waals surface area contributed by atoms with Crippen molar-refractivity contribution in [3.8, 4) is 11.3 Å². The first-order valence-corrected chi connectivity index (χ1v) is 9.76. The number of H-pyrrole nitrogens is 1. The number of hydrogen-bond acceptors (Lipinski definition) is 3. The standard InChI is InChI=1S/C20H24FN5O2/c21-16-6-4-15(5-7-16)18-17(14-22-23-18)19(27)24-10-12-26(13-11-24)20(28)25-8-2-1-3-9-25/h4-7,14H,1-3,8-13H2,(H,22,23). The Hall–Kier alpha value is -2.90. The Morgan fingerprint density at radius 1 is 0.857 bits per heavy atom. The van der Waals surface area contributed by atoms with Gasteiger partial charge in [0.25, 0.3) is 5.91 Å². The number of aromatic amines is 1. The van der Waals surface area contributed by atoms with Crippen molar-refractivity contribution in [2.24, 2.45) is 0 Å². The van der Waals surface area contributed by atoms with Gasteiger partial charge in [-0.15, -0.1) is 0 Å². The summed E-state index contributed by atoms with van der Waals surface area (Å²) in [6.45, 7) is 3.70. The third kappa shape index (κ3) is 3.72. The number of hydrogen-bond donors (Lipinski definition) is 1. The van der Waals surface area contributed by atoms with Crippen molar-refractivity contribution < 1.29 is 14.0 Å². The SMILES string of the molecule is O=C(c1cn[nH]c1-c1ccc(F)cc1)N1CCN(C(=O)N2CCCCC2)CC1. The van der Waals surface area contributed by atoms with Crippen LogP contribution in [0, 0.1) is 5.82 Å². The fourth-order valence-electron chi connectivity index (χ4n) is 3.84. The van der Waals surface area contributed by atoms with Crippen LogP contribution in [0.5, 0.6) is 0 Å². The van der Waals surface area contributed by atoms with Gasteiger partial charge >= 0.3 is 6.03 Å². The van der Waals surface area contributed by atoms with Crippen LogP contribution in [-0.4, -0.2) is 76.1 Å². The number of piperazine rings is 1. The van der Waals surface area contributed by atoms with Crippen LogP contribution in [0.2, 0.25) is 0 Å². The maximum atomic E-state index is 13.2. The molecule has 2 saturated heterocycles. The Labute approximate surface area is 163 Å². The largest absolute Gasteiger partial charge is 0.335 e. The number of carbonyl (C=O) groups is 2. The van der Waals surface area contributed by atoms with Gasteiger partial charge in [-0.3, -0.25) is 9.89 Å². The normalized spacial score (nSPS) is 17.7. The summed E-state index contributed by atoms with van der Waals surface area (Å²) in [7, 11) is 0. The average molecular weight is 385 g/mol. The maximum absolute atomic E-state index is 13.2. The molecule has 7 nitrogen and oxygen atoms in total. The van der Waals surface area contributed by atoms with Gasteiger partial charge in [-0.1, -0.05) is 0 Å². The van der Waals surface area contributed by atoms with Gasteiger partial charge in [0.15, 0.2) is 0 Å². The molecule has 3 amide bonds. The van der Waals surface area contributed by atoms with Crippen molar-refractivity contribution in [1.82, 2.24) is 24.9 Å². The predicted octanol–water partition coefficient (Wildman–Crippen LogP) is 2.58. The lowest BCUT2D eigenvalue weighted by atomic mass is 10.1. The first-order valence-electron chi connectivity index (χ1n) is 9.76. The second-order valence-electron chi connectivity index (χ2n) is 7.28. The molecule has 0 saturated carbocycles. The minimum absolute atomic E-state index is 0.0853. The van der Waals surface area contributed by atoms with Crippen LogP contribution in [0.1, 0.15) is 29.6 Å². The molecule has 0 bridgehead atoms. The fourth-order valence-corrected chi connectivity index (χ4v) is 3.84. The fraction of sp³-hybridized carbons (Fsp3) is 0.450. The maximum Gasteiger partial charge on any atom is 0.320 e. The van der Waals surface area contributed by atoms with Gasteiger partial charge in [0.1, 0.15) is 5.82 Å². The van der Waals surface area contributed by atoms with Gasteiger partial charge in [-0.05, 0) is 43.5 Å². The molecule has 148 valence electrons. The first kappa shape index (κ1) is 18.5. The number of piperidine rings is 1. The zero-order valence-electron chi connectivity index (χ0n) is 15.7. The van der Waals surface area contributed by atoms with Crippen molar-refractivity contribution in [3.63, 3.8) is 0 Å². The van der Waals surface area contributed by atoms with E-state index in [4.69, 9.17) is 0 Å². The molecule has 4 rings (SSSR count). The number of rotatable bonds is 2. The minimum atomic E-state index is -0.328. The van der Waals surface area contributed by atoms with Gasteiger partial charge in [0.2, 0.25) is 0 Å². The molecule has 3 heterocycles. The van der Waals surface area contributed by atoms with E-state index in [0.29, 0.717) is 43.0 Å². The van der Waals surface area contributed by atoms with E-state index in [1.54, 1.807) is 17.0 Å². The molecule has 2 aliphatic rings. The van der Waals surface area contributed by atoms with Gasteiger partial charge in [-0.25, -0.2) is 9.18 Å². The zero-order chi connectivity index (χ0) is 19.5. The predicted molar refractivity (Wildman–Crippen MR) is 102 cm³/mol. The number of likely N-dealkylation sites (tertiary alicyclic amines) is 1. The summed E-state index contributed by atoms with van der Waals surface area (Å²) in [6, 6.07) is 6.04. The molecule has 2 aromatic rings. The van der Waals surface area contributed by atoms with Crippen LogP contribution in [-0.2, 0) is 0 Å². The highest BCUT2D eigenvalue weighted by molar-refractivity contribution is 5.99. The number of amides is 3. The number of carbonyl (C=O) groups excluding carboxylic acids is 2. The van der Waals surface area contributed by atoms with E-state index in [1.165, 1.54) is 24.8 Å². The van der Waals surface area contributed by atoms with Crippen LogP contribution >= 0.6 is 0 Å². The van der Waals surface area contributed by atoms with Crippen molar-refractivity contribution in [2.45, 2.75) is 19.3 Å². The number of nitrogens with one attached hydrogen (secondary N) is 1. The smallest absolute Gasteiger partial charge is 0.320 e. The van der Waals surface area contributed by atoms with Crippen molar-refractivity contribution in [2.75, 3.05) is 39.3 Å². The highest BCUT2D eigenvalue weighted by atomic mass is 19.1. The zero-order valence-corrected chi connectivity index (χ0v) is 15.7. The highest BCUT2D eigenvalue weighted by Gasteiger charge is 2.29. The van der Waals surface area contributed by atoms with E-state index in [2.05, 4.69) is 10.2 Å². The molecule has 0 aliphatic carbocycles. The minimum Gasteiger partial charge on any atom is -0.335 e. The van der Waals surface area contributed by atoms with E-state index in [-0.39, 0.29) is 17.8 Å². The molecule has 28 heavy (non-hydrogen) atoms. The van der Waals surface area contributed by atoms with Crippen LogP contribution in [0.3, 0.4) is 0 Å². The van der Waals surface area contributed by atoms with E-state index in [1.807, 2.05) is 9.80 Å². The van der Waals surface area contributed by atoms with Crippen molar-refractivity contribution in [1.29, 1.82) is 0 Å². The lowest BCUT2D eigenvalue weighted by Gasteiger charge is -2.38. The third-order valence-electron chi connectivity index (χ3n) is 5.47. The van der Waals surface area contributed by atoms with E-state index >= 15 is 0 Å². The van der Waals surface area contributed by atoms with Gasteiger partial charge < -0.3 is 14.7 Å². The van der Waals surface area contributed by atoms with Gasteiger partial charge in [0, 0.05) is 44.8 Å². The topological polar surface area (TPSA) is 72.5 Å². The molecule has 1 aromatic carbocycles. The van der Waals surface area contributed by atoms with Gasteiger partial charge in [0.05, 0.1) is 17.5 Å². The number of aromatic nitrogens is 2. The molecular formula is C20H24FN5O2. The van der Waals surface area contributed by atoms with E-state index < -0.39 is 0 Å².